The van der Waals surface area contributed by atoms with Crippen LogP contribution in [0.1, 0.15) is 28.8 Å². The molecule has 4 nitrogen and oxygen atoms in total. The molecule has 0 unspecified atom stereocenters. The molecule has 3 aromatic carbocycles. The summed E-state index contributed by atoms with van der Waals surface area (Å²) in [5, 5.41) is 3.02. The maximum Gasteiger partial charge on any atom is 0.255 e. The van der Waals surface area contributed by atoms with E-state index in [-0.39, 0.29) is 11.8 Å². The van der Waals surface area contributed by atoms with Crippen LogP contribution in [0.25, 0.3) is 11.1 Å². The van der Waals surface area contributed by atoms with Gasteiger partial charge >= 0.3 is 0 Å². The van der Waals surface area contributed by atoms with Crippen molar-refractivity contribution >= 4 is 17.5 Å². The first-order valence-corrected chi connectivity index (χ1v) is 9.53. The summed E-state index contributed by atoms with van der Waals surface area (Å²) < 4.78 is 0. The number of hydrogen-bond donors (Lipinski definition) is 1. The Kier molecular flexibility index (Phi) is 5.20. The van der Waals surface area contributed by atoms with Crippen LogP contribution in [0, 0.1) is 0 Å². The van der Waals surface area contributed by atoms with Crippen molar-refractivity contribution in [3.63, 3.8) is 0 Å². The zero-order chi connectivity index (χ0) is 19.3. The van der Waals surface area contributed by atoms with Crippen molar-refractivity contribution in [1.29, 1.82) is 0 Å². The fraction of sp³-hybridized carbons (Fsp3) is 0.167. The van der Waals surface area contributed by atoms with Crippen molar-refractivity contribution in [3.8, 4) is 11.1 Å². The largest absolute Gasteiger partial charge is 0.338 e. The molecular weight excluding hydrogens is 348 g/mol. The smallest absolute Gasteiger partial charge is 0.255 e. The van der Waals surface area contributed by atoms with E-state index in [1.807, 2.05) is 83.8 Å². The summed E-state index contributed by atoms with van der Waals surface area (Å²) in [5.74, 6) is 0.0616. The lowest BCUT2D eigenvalue weighted by molar-refractivity contribution is -0.128. The molecule has 1 aliphatic heterocycles. The molecule has 0 aromatic heterocycles. The minimum absolute atomic E-state index is 0.146. The molecule has 1 heterocycles. The highest BCUT2D eigenvalue weighted by atomic mass is 16.2. The number of amides is 2. The summed E-state index contributed by atoms with van der Waals surface area (Å²) in [6.07, 6.45) is 1.57. The molecule has 0 bridgehead atoms. The molecular formula is C24H22N2O2. The third kappa shape index (κ3) is 3.96. The van der Waals surface area contributed by atoms with E-state index in [0.717, 1.165) is 35.3 Å². The predicted molar refractivity (Wildman–Crippen MR) is 111 cm³/mol. The summed E-state index contributed by atoms with van der Waals surface area (Å²) in [4.78, 5) is 26.4. The van der Waals surface area contributed by atoms with Crippen molar-refractivity contribution in [3.05, 3.63) is 90.0 Å². The van der Waals surface area contributed by atoms with E-state index in [0.29, 0.717) is 18.5 Å². The number of carbonyl (C=O) groups is 2. The van der Waals surface area contributed by atoms with Gasteiger partial charge in [-0.15, -0.1) is 0 Å². The highest BCUT2D eigenvalue weighted by Gasteiger charge is 2.20. The van der Waals surface area contributed by atoms with Gasteiger partial charge in [0.2, 0.25) is 5.91 Å². The Bertz CT molecular complexity index is 981. The fourth-order valence-corrected chi connectivity index (χ4v) is 3.51. The number of hydrogen-bond acceptors (Lipinski definition) is 2. The number of likely N-dealkylation sites (tertiary alicyclic amines) is 1. The molecule has 4 heteroatoms. The summed E-state index contributed by atoms with van der Waals surface area (Å²) >= 11 is 0. The van der Waals surface area contributed by atoms with E-state index in [1.165, 1.54) is 0 Å². The van der Waals surface area contributed by atoms with Gasteiger partial charge in [0.05, 0.1) is 0 Å². The lowest BCUT2D eigenvalue weighted by atomic mass is 10.0. The second-order valence-corrected chi connectivity index (χ2v) is 6.98. The van der Waals surface area contributed by atoms with E-state index in [1.54, 1.807) is 0 Å². The quantitative estimate of drug-likeness (QED) is 0.706. The van der Waals surface area contributed by atoms with Gasteiger partial charge in [-0.2, -0.15) is 0 Å². The van der Waals surface area contributed by atoms with Crippen LogP contribution in [-0.4, -0.2) is 23.3 Å². The number of carbonyl (C=O) groups excluding carboxylic acids is 2. The third-order valence-corrected chi connectivity index (χ3v) is 5.02. The Morgan fingerprint density at radius 1 is 0.893 bits per heavy atom. The van der Waals surface area contributed by atoms with Gasteiger partial charge in [0.25, 0.3) is 5.91 Å². The molecule has 1 N–H and O–H groups in total. The maximum atomic E-state index is 12.7. The lowest BCUT2D eigenvalue weighted by Crippen LogP contribution is -2.23. The molecule has 0 atom stereocenters. The predicted octanol–water partition coefficient (Wildman–Crippen LogP) is 4.73. The van der Waals surface area contributed by atoms with Crippen LogP contribution >= 0.6 is 0 Å². The minimum atomic E-state index is -0.146. The van der Waals surface area contributed by atoms with Crippen molar-refractivity contribution in [2.75, 3.05) is 11.9 Å². The van der Waals surface area contributed by atoms with E-state index < -0.39 is 0 Å². The van der Waals surface area contributed by atoms with Crippen LogP contribution in [0.4, 0.5) is 5.69 Å². The van der Waals surface area contributed by atoms with Crippen LogP contribution in [-0.2, 0) is 11.3 Å². The van der Waals surface area contributed by atoms with Crippen LogP contribution in [0.15, 0.2) is 78.9 Å². The molecule has 1 saturated heterocycles. The van der Waals surface area contributed by atoms with Crippen molar-refractivity contribution in [2.24, 2.45) is 0 Å². The molecule has 140 valence electrons. The second kappa shape index (κ2) is 8.09. The average Bonchev–Trinajstić information content (AvgIpc) is 3.14. The Morgan fingerprint density at radius 3 is 2.32 bits per heavy atom. The van der Waals surface area contributed by atoms with Crippen LogP contribution in [0.3, 0.4) is 0 Å². The van der Waals surface area contributed by atoms with Crippen LogP contribution < -0.4 is 5.32 Å². The Labute approximate surface area is 164 Å². The van der Waals surface area contributed by atoms with Gasteiger partial charge in [0, 0.05) is 36.3 Å². The zero-order valence-electron chi connectivity index (χ0n) is 15.6. The SMILES string of the molecule is O=C(Nc1ccccc1-c1ccccc1)c1ccc(CN2CCCC2=O)cc1. The maximum absolute atomic E-state index is 12.7. The fourth-order valence-electron chi connectivity index (χ4n) is 3.51. The van der Waals surface area contributed by atoms with Gasteiger partial charge in [0.15, 0.2) is 0 Å². The number of nitrogens with zero attached hydrogens (tertiary/aromatic N) is 1. The first-order valence-electron chi connectivity index (χ1n) is 9.53. The Hall–Kier alpha value is -3.40. The van der Waals surface area contributed by atoms with Gasteiger partial charge in [-0.05, 0) is 35.7 Å². The molecule has 2 amide bonds. The third-order valence-electron chi connectivity index (χ3n) is 5.02. The number of benzene rings is 3. The highest BCUT2D eigenvalue weighted by molar-refractivity contribution is 6.06. The van der Waals surface area contributed by atoms with Gasteiger partial charge in [-0.3, -0.25) is 9.59 Å². The van der Waals surface area contributed by atoms with E-state index in [2.05, 4.69) is 5.32 Å². The number of rotatable bonds is 5. The normalized spacial score (nSPS) is 13.6. The molecule has 0 aliphatic carbocycles. The topological polar surface area (TPSA) is 49.4 Å². The molecule has 0 saturated carbocycles. The molecule has 28 heavy (non-hydrogen) atoms. The summed E-state index contributed by atoms with van der Waals surface area (Å²) in [6.45, 7) is 1.43. The van der Waals surface area contributed by atoms with Crippen molar-refractivity contribution < 1.29 is 9.59 Å². The average molecular weight is 370 g/mol. The van der Waals surface area contributed by atoms with Gasteiger partial charge in [-0.1, -0.05) is 60.7 Å². The minimum Gasteiger partial charge on any atom is -0.338 e. The Balaban J connectivity index is 1.48. The standard InChI is InChI=1S/C24H22N2O2/c27-23-11-6-16-26(23)17-18-12-14-20(15-13-18)24(28)25-22-10-5-4-9-21(22)19-7-2-1-3-8-19/h1-5,7-10,12-15H,6,11,16-17H2,(H,25,28). The van der Waals surface area contributed by atoms with E-state index >= 15 is 0 Å². The number of para-hydroxylation sites is 1. The first-order chi connectivity index (χ1) is 13.7. The number of anilines is 1. The highest BCUT2D eigenvalue weighted by Crippen LogP contribution is 2.28. The molecule has 1 fully saturated rings. The van der Waals surface area contributed by atoms with Gasteiger partial charge < -0.3 is 10.2 Å². The molecule has 1 aliphatic rings. The summed E-state index contributed by atoms with van der Waals surface area (Å²) in [5.41, 5.74) is 4.46. The van der Waals surface area contributed by atoms with Gasteiger partial charge in [0.1, 0.15) is 0 Å². The first kappa shape index (κ1) is 18.0. The zero-order valence-corrected chi connectivity index (χ0v) is 15.6. The molecule has 0 spiro atoms. The summed E-state index contributed by atoms with van der Waals surface area (Å²) in [6, 6.07) is 25.3. The van der Waals surface area contributed by atoms with Gasteiger partial charge in [-0.25, -0.2) is 0 Å². The van der Waals surface area contributed by atoms with Crippen LogP contribution in [0.2, 0.25) is 0 Å². The molecule has 3 aromatic rings. The number of nitrogens with one attached hydrogen (secondary N) is 1. The monoisotopic (exact) mass is 370 g/mol. The van der Waals surface area contributed by atoms with E-state index in [4.69, 9.17) is 0 Å². The second-order valence-electron chi connectivity index (χ2n) is 6.98. The summed E-state index contributed by atoms with van der Waals surface area (Å²) in [7, 11) is 0. The van der Waals surface area contributed by atoms with Crippen LogP contribution in [0.5, 0.6) is 0 Å². The molecule has 0 radical (unpaired) electrons. The lowest BCUT2D eigenvalue weighted by Gasteiger charge is -2.15. The molecule has 4 rings (SSSR count). The van der Waals surface area contributed by atoms with Crippen molar-refractivity contribution in [2.45, 2.75) is 19.4 Å². The van der Waals surface area contributed by atoms with E-state index in [9.17, 15) is 9.59 Å². The van der Waals surface area contributed by atoms with Crippen molar-refractivity contribution in [1.82, 2.24) is 4.90 Å². The Morgan fingerprint density at radius 2 is 1.61 bits per heavy atom.